The van der Waals surface area contributed by atoms with E-state index in [0.29, 0.717) is 34.2 Å². The van der Waals surface area contributed by atoms with Crippen molar-refractivity contribution >= 4 is 34.9 Å². The summed E-state index contributed by atoms with van der Waals surface area (Å²) in [6.07, 6.45) is 9.66. The van der Waals surface area contributed by atoms with Gasteiger partial charge < -0.3 is 25.5 Å². The van der Waals surface area contributed by atoms with Gasteiger partial charge in [-0.3, -0.25) is 4.98 Å². The van der Waals surface area contributed by atoms with Crippen LogP contribution in [0.5, 0.6) is 0 Å². The van der Waals surface area contributed by atoms with Gasteiger partial charge in [0.15, 0.2) is 0 Å². The smallest absolute Gasteiger partial charge is 0.321 e. The van der Waals surface area contributed by atoms with E-state index in [-0.39, 0.29) is 12.1 Å². The molecule has 9 heteroatoms. The molecule has 4 rings (SSSR count). The monoisotopic (exact) mass is 535 g/mol. The highest BCUT2D eigenvalue weighted by Gasteiger charge is 2.31. The van der Waals surface area contributed by atoms with Crippen LogP contribution in [0.4, 0.5) is 10.5 Å². The molecule has 7 nitrogen and oxygen atoms in total. The van der Waals surface area contributed by atoms with Crippen LogP contribution in [0.15, 0.2) is 48.8 Å². The Labute approximate surface area is 225 Å². The number of anilines is 1. The Morgan fingerprint density at radius 2 is 1.83 bits per heavy atom. The normalized spacial score (nSPS) is 21.9. The van der Waals surface area contributed by atoms with E-state index in [0.717, 1.165) is 58.3 Å². The Bertz CT molecular complexity index is 886. The molecule has 2 aromatic rings. The zero-order chi connectivity index (χ0) is 25.8. The number of nitrogens with zero attached hydrogens (tertiary/aromatic N) is 3. The number of nitrogens with one attached hydrogen (secondary N) is 2. The highest BCUT2D eigenvalue weighted by Crippen LogP contribution is 2.29. The minimum atomic E-state index is -0.111. The van der Waals surface area contributed by atoms with Gasteiger partial charge >= 0.3 is 6.03 Å². The third kappa shape index (κ3) is 9.52. The molecule has 1 saturated heterocycles. The number of urea groups is 1. The van der Waals surface area contributed by atoms with Crippen LogP contribution in [0, 0.1) is 5.92 Å². The number of amides is 2. The number of aliphatic hydroxyl groups excluding tert-OH is 1. The number of rotatable bonds is 8. The van der Waals surface area contributed by atoms with E-state index >= 15 is 0 Å². The zero-order valence-corrected chi connectivity index (χ0v) is 22.6. The number of carbonyl (C=O) groups excluding carboxylic acids is 1. The van der Waals surface area contributed by atoms with E-state index in [1.54, 1.807) is 30.6 Å². The molecule has 3 N–H and O–H groups in total. The Morgan fingerprint density at radius 1 is 1.08 bits per heavy atom. The van der Waals surface area contributed by atoms with Crippen LogP contribution in [0.25, 0.3) is 0 Å². The maximum Gasteiger partial charge on any atom is 0.321 e. The summed E-state index contributed by atoms with van der Waals surface area (Å²) >= 11 is 12.0. The van der Waals surface area contributed by atoms with E-state index < -0.39 is 0 Å². The van der Waals surface area contributed by atoms with E-state index in [1.165, 1.54) is 6.42 Å². The first-order valence-electron chi connectivity index (χ1n) is 12.9. The second kappa shape index (κ2) is 15.4. The summed E-state index contributed by atoms with van der Waals surface area (Å²) in [5, 5.41) is 16.7. The van der Waals surface area contributed by atoms with Crippen molar-refractivity contribution in [2.24, 2.45) is 5.92 Å². The van der Waals surface area contributed by atoms with E-state index in [1.807, 2.05) is 30.1 Å². The molecule has 1 aliphatic heterocycles. The van der Waals surface area contributed by atoms with Crippen molar-refractivity contribution in [1.82, 2.24) is 20.1 Å². The molecular weight excluding hydrogens is 497 g/mol. The topological polar surface area (TPSA) is 80.7 Å². The van der Waals surface area contributed by atoms with E-state index in [2.05, 4.69) is 20.5 Å². The lowest BCUT2D eigenvalue weighted by atomic mass is 9.92. The number of carbonyl (C=O) groups is 1. The summed E-state index contributed by atoms with van der Waals surface area (Å²) < 4.78 is 0. The average Bonchev–Trinajstić information content (AvgIpc) is 3.37. The number of benzene rings is 1. The van der Waals surface area contributed by atoms with Crippen LogP contribution in [0.3, 0.4) is 0 Å². The fraction of sp³-hybridized carbons (Fsp3) is 0.556. The van der Waals surface area contributed by atoms with Gasteiger partial charge in [-0.25, -0.2) is 4.79 Å². The van der Waals surface area contributed by atoms with Crippen molar-refractivity contribution in [2.45, 2.75) is 50.7 Å². The predicted octanol–water partition coefficient (Wildman–Crippen LogP) is 5.14. The van der Waals surface area contributed by atoms with Crippen molar-refractivity contribution in [1.29, 1.82) is 0 Å². The molecule has 1 atom stereocenters. The third-order valence-corrected chi connectivity index (χ3v) is 7.70. The fourth-order valence-corrected chi connectivity index (χ4v) is 5.14. The Morgan fingerprint density at radius 3 is 2.44 bits per heavy atom. The van der Waals surface area contributed by atoms with E-state index in [4.69, 9.17) is 23.2 Å². The molecule has 2 aliphatic rings. The second-order valence-electron chi connectivity index (χ2n) is 9.57. The first-order valence-corrected chi connectivity index (χ1v) is 13.6. The molecule has 198 valence electrons. The highest BCUT2D eigenvalue weighted by molar-refractivity contribution is 6.42. The maximum atomic E-state index is 12.8. The number of hydrogen-bond donors (Lipinski definition) is 3. The van der Waals surface area contributed by atoms with Gasteiger partial charge in [0.2, 0.25) is 0 Å². The van der Waals surface area contributed by atoms with Gasteiger partial charge in [-0.15, -0.1) is 0 Å². The molecule has 0 spiro atoms. The van der Waals surface area contributed by atoms with Gasteiger partial charge in [0.05, 0.1) is 16.1 Å². The quantitative estimate of drug-likeness (QED) is 0.435. The van der Waals surface area contributed by atoms with Crippen LogP contribution in [0.2, 0.25) is 10.0 Å². The standard InChI is InChI=1S/C22H34Cl2N4O2.C5H5N/c1-25-10-13-27(22(30)26-17-2-7-20(23)21(24)14-17)11-8-16-9-12-28(15-16)18-3-5-19(29)6-4-18;1-2-4-6-5-3-1/h2,7,14,16,18-19,25,29H,3-6,8-13,15H2,1H3,(H,26,30);1-5H. The van der Waals surface area contributed by atoms with Crippen LogP contribution in [0.1, 0.15) is 38.5 Å². The minimum absolute atomic E-state index is 0.102. The highest BCUT2D eigenvalue weighted by atomic mass is 35.5. The summed E-state index contributed by atoms with van der Waals surface area (Å²) in [7, 11) is 1.89. The lowest BCUT2D eigenvalue weighted by Crippen LogP contribution is -2.40. The van der Waals surface area contributed by atoms with Crippen molar-refractivity contribution in [2.75, 3.05) is 45.1 Å². The summed E-state index contributed by atoms with van der Waals surface area (Å²) in [5.74, 6) is 0.617. The molecule has 1 aromatic carbocycles. The lowest BCUT2D eigenvalue weighted by Gasteiger charge is -2.33. The maximum absolute atomic E-state index is 12.8. The van der Waals surface area contributed by atoms with Gasteiger partial charge in [-0.2, -0.15) is 0 Å². The molecule has 1 unspecified atom stereocenters. The van der Waals surface area contributed by atoms with Crippen LogP contribution >= 0.6 is 23.2 Å². The molecule has 0 radical (unpaired) electrons. The molecule has 2 amide bonds. The number of aromatic nitrogens is 1. The van der Waals surface area contributed by atoms with E-state index in [9.17, 15) is 9.90 Å². The van der Waals surface area contributed by atoms with Gasteiger partial charge in [0.1, 0.15) is 0 Å². The minimum Gasteiger partial charge on any atom is -0.393 e. The summed E-state index contributed by atoms with van der Waals surface area (Å²) in [5.41, 5.74) is 0.649. The molecule has 2 heterocycles. The number of likely N-dealkylation sites (tertiary alicyclic amines) is 1. The van der Waals surface area contributed by atoms with Crippen molar-refractivity contribution in [3.05, 3.63) is 58.8 Å². The first-order chi connectivity index (χ1) is 17.5. The summed E-state index contributed by atoms with van der Waals surface area (Å²) in [6.45, 7) is 4.37. The van der Waals surface area contributed by atoms with Gasteiger partial charge in [-0.1, -0.05) is 29.3 Å². The zero-order valence-electron chi connectivity index (χ0n) is 21.1. The summed E-state index contributed by atoms with van der Waals surface area (Å²) in [4.78, 5) is 21.1. The fourth-order valence-electron chi connectivity index (χ4n) is 4.84. The number of aliphatic hydroxyl groups is 1. The molecular formula is C27H39Cl2N5O2. The number of hydrogen-bond acceptors (Lipinski definition) is 5. The largest absolute Gasteiger partial charge is 0.393 e. The van der Waals surface area contributed by atoms with Crippen LogP contribution in [-0.4, -0.2) is 77.8 Å². The lowest BCUT2D eigenvalue weighted by molar-refractivity contribution is 0.0819. The van der Waals surface area contributed by atoms with Crippen molar-refractivity contribution in [3.63, 3.8) is 0 Å². The number of halogens is 2. The molecule has 0 bridgehead atoms. The van der Waals surface area contributed by atoms with Gasteiger partial charge in [0.25, 0.3) is 0 Å². The van der Waals surface area contributed by atoms with Gasteiger partial charge in [0, 0.05) is 50.3 Å². The second-order valence-corrected chi connectivity index (χ2v) is 10.4. The molecule has 1 aliphatic carbocycles. The first kappa shape index (κ1) is 28.7. The molecule has 1 aromatic heterocycles. The third-order valence-electron chi connectivity index (χ3n) is 6.96. The molecule has 1 saturated carbocycles. The van der Waals surface area contributed by atoms with Crippen LogP contribution < -0.4 is 10.6 Å². The number of likely N-dealkylation sites (N-methyl/N-ethyl adjacent to an activating group) is 1. The molecule has 2 fully saturated rings. The van der Waals surface area contributed by atoms with Crippen LogP contribution in [-0.2, 0) is 0 Å². The Hall–Kier alpha value is -1.90. The van der Waals surface area contributed by atoms with Gasteiger partial charge in [-0.05, 0) is 88.4 Å². The Kier molecular flexibility index (Phi) is 12.2. The molecule has 36 heavy (non-hydrogen) atoms. The predicted molar refractivity (Wildman–Crippen MR) is 148 cm³/mol. The van der Waals surface area contributed by atoms with Crippen molar-refractivity contribution in [3.8, 4) is 0 Å². The average molecular weight is 537 g/mol. The SMILES string of the molecule is CNCCN(CCC1CCN(C2CCC(O)CC2)C1)C(=O)Nc1ccc(Cl)c(Cl)c1.c1ccncc1. The number of pyridine rings is 1. The van der Waals surface area contributed by atoms with Crippen molar-refractivity contribution < 1.29 is 9.90 Å². The summed E-state index contributed by atoms with van der Waals surface area (Å²) in [6, 6.07) is 11.4. The Balaban J connectivity index is 0.000000526.